The second kappa shape index (κ2) is 11.4. The lowest BCUT2D eigenvalue weighted by molar-refractivity contribution is -0.384. The highest BCUT2D eigenvalue weighted by molar-refractivity contribution is 5.92. The monoisotopic (exact) mass is 514 g/mol. The highest BCUT2D eigenvalue weighted by Gasteiger charge is 2.22. The lowest BCUT2D eigenvalue weighted by Crippen LogP contribution is -2.34. The summed E-state index contributed by atoms with van der Waals surface area (Å²) in [6.45, 7) is 2.37. The Morgan fingerprint density at radius 1 is 1.05 bits per heavy atom. The van der Waals surface area contributed by atoms with Gasteiger partial charge in [0.25, 0.3) is 5.69 Å². The number of anilines is 3. The molecule has 1 unspecified atom stereocenters. The molecule has 4 aromatic rings. The fourth-order valence-electron chi connectivity index (χ4n) is 4.69. The maximum Gasteiger partial charge on any atom is 0.269 e. The number of ether oxygens (including phenoxy) is 1. The Morgan fingerprint density at radius 2 is 1.76 bits per heavy atom. The zero-order valence-electron chi connectivity index (χ0n) is 21.1. The summed E-state index contributed by atoms with van der Waals surface area (Å²) in [6.07, 6.45) is 3.64. The van der Waals surface area contributed by atoms with Crippen molar-refractivity contribution in [2.24, 2.45) is 0 Å². The summed E-state index contributed by atoms with van der Waals surface area (Å²) in [4.78, 5) is 21.4. The zero-order valence-corrected chi connectivity index (χ0v) is 21.1. The molecule has 0 radical (unpaired) electrons. The molecule has 0 amide bonds. The van der Waals surface area contributed by atoms with Gasteiger partial charge < -0.3 is 20.5 Å². The summed E-state index contributed by atoms with van der Waals surface area (Å²) in [5.41, 5.74) is 4.47. The fourth-order valence-corrected chi connectivity index (χ4v) is 4.69. The molecule has 1 atom stereocenters. The first-order valence-corrected chi connectivity index (χ1v) is 12.6. The number of benzene rings is 3. The van der Waals surface area contributed by atoms with Crippen LogP contribution in [0.5, 0.6) is 5.75 Å². The molecule has 10 nitrogen and oxygen atoms in total. The first-order chi connectivity index (χ1) is 18.5. The molecule has 0 aliphatic carbocycles. The van der Waals surface area contributed by atoms with Gasteiger partial charge in [0.2, 0.25) is 0 Å². The second-order valence-corrected chi connectivity index (χ2v) is 9.31. The first-order valence-electron chi connectivity index (χ1n) is 12.6. The molecule has 1 saturated heterocycles. The Bertz CT molecular complexity index is 1410. The second-order valence-electron chi connectivity index (χ2n) is 9.31. The number of non-ortho nitro benzene ring substituents is 1. The highest BCUT2D eigenvalue weighted by atomic mass is 16.6. The molecule has 3 N–H and O–H groups in total. The number of aliphatic hydroxyl groups excluding tert-OH is 1. The van der Waals surface area contributed by atoms with Crippen LogP contribution in [-0.4, -0.2) is 51.3 Å². The molecule has 0 spiro atoms. The Hall–Kier alpha value is -4.28. The number of methoxy groups -OCH3 is 1. The molecule has 2 heterocycles. The third-order valence-electron chi connectivity index (χ3n) is 6.79. The number of fused-ring (bicyclic) bond motifs is 1. The molecular formula is C28H30N6O4. The standard InChI is InChI=1S/C28H30N6O4/c1-38-26-16-25-24(14-20(26)15-27(35)33-12-2-3-13-33)28(31-18-30-25)32-22-8-6-21(7-9-22)29-17-19-4-10-23(11-5-19)34(36)37/h4-11,14,16,18,27,29,35H,2-3,12-13,15,17H2,1H3,(H,30,31,32). The maximum absolute atomic E-state index is 10.8. The van der Waals surface area contributed by atoms with Gasteiger partial charge in [-0.15, -0.1) is 0 Å². The van der Waals surface area contributed by atoms with Crippen molar-refractivity contribution in [2.45, 2.75) is 32.0 Å². The Morgan fingerprint density at radius 3 is 2.45 bits per heavy atom. The topological polar surface area (TPSA) is 126 Å². The SMILES string of the molecule is COc1cc2ncnc(Nc3ccc(NCc4ccc([N+](=O)[O-])cc4)cc3)c2cc1CC(O)N1CCCC1. The average Bonchev–Trinajstić information content (AvgIpc) is 3.48. The van der Waals surface area contributed by atoms with E-state index in [2.05, 4.69) is 25.5 Å². The van der Waals surface area contributed by atoms with Gasteiger partial charge >= 0.3 is 0 Å². The summed E-state index contributed by atoms with van der Waals surface area (Å²) < 4.78 is 5.61. The van der Waals surface area contributed by atoms with Crippen molar-refractivity contribution in [1.82, 2.24) is 14.9 Å². The van der Waals surface area contributed by atoms with E-state index in [1.165, 1.54) is 18.5 Å². The quantitative estimate of drug-likeness (QED) is 0.201. The van der Waals surface area contributed by atoms with E-state index in [4.69, 9.17) is 4.74 Å². The number of nitrogens with one attached hydrogen (secondary N) is 2. The van der Waals surface area contributed by atoms with Gasteiger partial charge in [-0.2, -0.15) is 0 Å². The predicted molar refractivity (Wildman–Crippen MR) is 147 cm³/mol. The fraction of sp³-hybridized carbons (Fsp3) is 0.286. The van der Waals surface area contributed by atoms with Crippen molar-refractivity contribution >= 4 is 33.8 Å². The van der Waals surface area contributed by atoms with E-state index in [-0.39, 0.29) is 5.69 Å². The third-order valence-corrected chi connectivity index (χ3v) is 6.79. The minimum absolute atomic E-state index is 0.0785. The molecule has 38 heavy (non-hydrogen) atoms. The van der Waals surface area contributed by atoms with Crippen LogP contribution in [0.15, 0.2) is 67.0 Å². The average molecular weight is 515 g/mol. The summed E-state index contributed by atoms with van der Waals surface area (Å²) in [6, 6.07) is 18.2. The zero-order chi connectivity index (χ0) is 26.5. The third kappa shape index (κ3) is 5.82. The van der Waals surface area contributed by atoms with Crippen LogP contribution >= 0.6 is 0 Å². The van der Waals surface area contributed by atoms with E-state index in [1.807, 2.05) is 36.4 Å². The van der Waals surface area contributed by atoms with Gasteiger partial charge in [0, 0.05) is 61.0 Å². The van der Waals surface area contributed by atoms with Crippen LogP contribution in [0.25, 0.3) is 10.9 Å². The van der Waals surface area contributed by atoms with Crippen molar-refractivity contribution in [3.05, 3.63) is 88.2 Å². The van der Waals surface area contributed by atoms with Gasteiger partial charge in [-0.3, -0.25) is 15.0 Å². The van der Waals surface area contributed by atoms with E-state index in [1.54, 1.807) is 19.2 Å². The van der Waals surface area contributed by atoms with E-state index >= 15 is 0 Å². The van der Waals surface area contributed by atoms with Crippen molar-refractivity contribution in [3.8, 4) is 5.75 Å². The van der Waals surface area contributed by atoms with Gasteiger partial charge in [-0.25, -0.2) is 9.97 Å². The summed E-state index contributed by atoms with van der Waals surface area (Å²) in [5.74, 6) is 1.37. The number of rotatable bonds is 10. The predicted octanol–water partition coefficient (Wildman–Crippen LogP) is 4.86. The first kappa shape index (κ1) is 25.4. The number of nitro benzene ring substituents is 1. The molecular weight excluding hydrogens is 484 g/mol. The molecule has 1 aliphatic rings. The van der Waals surface area contributed by atoms with Crippen LogP contribution in [0.4, 0.5) is 22.9 Å². The Balaban J connectivity index is 1.29. The molecule has 1 aliphatic heterocycles. The van der Waals surface area contributed by atoms with Crippen molar-refractivity contribution in [1.29, 1.82) is 0 Å². The van der Waals surface area contributed by atoms with Crippen LogP contribution < -0.4 is 15.4 Å². The van der Waals surface area contributed by atoms with Crippen LogP contribution in [0.1, 0.15) is 24.0 Å². The molecule has 5 rings (SSSR count). The number of nitrogens with zero attached hydrogens (tertiary/aromatic N) is 4. The van der Waals surface area contributed by atoms with Gasteiger partial charge in [-0.1, -0.05) is 12.1 Å². The van der Waals surface area contributed by atoms with Crippen LogP contribution in [0.2, 0.25) is 0 Å². The Labute approximate surface area is 220 Å². The molecule has 196 valence electrons. The normalized spacial score (nSPS) is 14.4. The summed E-state index contributed by atoms with van der Waals surface area (Å²) in [5, 5.41) is 29.1. The van der Waals surface area contributed by atoms with Crippen molar-refractivity contribution in [3.63, 3.8) is 0 Å². The van der Waals surface area contributed by atoms with Crippen LogP contribution in [0.3, 0.4) is 0 Å². The van der Waals surface area contributed by atoms with E-state index < -0.39 is 11.2 Å². The molecule has 1 fully saturated rings. The summed E-state index contributed by atoms with van der Waals surface area (Å²) in [7, 11) is 1.63. The van der Waals surface area contributed by atoms with Gasteiger partial charge in [0.15, 0.2) is 0 Å². The summed E-state index contributed by atoms with van der Waals surface area (Å²) >= 11 is 0. The number of nitro groups is 1. The number of aliphatic hydroxyl groups is 1. The van der Waals surface area contributed by atoms with Crippen LogP contribution in [-0.2, 0) is 13.0 Å². The highest BCUT2D eigenvalue weighted by Crippen LogP contribution is 2.31. The van der Waals surface area contributed by atoms with Gasteiger partial charge in [0.1, 0.15) is 24.1 Å². The number of hydrogen-bond donors (Lipinski definition) is 3. The minimum Gasteiger partial charge on any atom is -0.496 e. The molecule has 3 aromatic carbocycles. The van der Waals surface area contributed by atoms with Gasteiger partial charge in [0.05, 0.1) is 17.5 Å². The van der Waals surface area contributed by atoms with Gasteiger partial charge in [-0.05, 0) is 54.3 Å². The van der Waals surface area contributed by atoms with E-state index in [9.17, 15) is 15.2 Å². The van der Waals surface area contributed by atoms with E-state index in [0.29, 0.717) is 24.5 Å². The molecule has 10 heteroatoms. The van der Waals surface area contributed by atoms with Crippen LogP contribution in [0, 0.1) is 10.1 Å². The minimum atomic E-state index is -0.559. The Kier molecular flexibility index (Phi) is 7.62. The van der Waals surface area contributed by atoms with Crippen molar-refractivity contribution < 1.29 is 14.8 Å². The van der Waals surface area contributed by atoms with Crippen molar-refractivity contribution in [2.75, 3.05) is 30.8 Å². The number of likely N-dealkylation sites (tertiary alicyclic amines) is 1. The molecule has 0 bridgehead atoms. The molecule has 1 aromatic heterocycles. The lowest BCUT2D eigenvalue weighted by Gasteiger charge is -2.23. The number of hydrogen-bond acceptors (Lipinski definition) is 9. The smallest absolute Gasteiger partial charge is 0.269 e. The number of aromatic nitrogens is 2. The maximum atomic E-state index is 10.8. The lowest BCUT2D eigenvalue weighted by atomic mass is 10.1. The van der Waals surface area contributed by atoms with E-state index in [0.717, 1.165) is 59.3 Å². The largest absolute Gasteiger partial charge is 0.496 e. The molecule has 0 saturated carbocycles.